The van der Waals surface area contributed by atoms with Crippen LogP contribution in [0.15, 0.2) is 45.9 Å². The number of rotatable bonds is 9. The van der Waals surface area contributed by atoms with Crippen LogP contribution in [0.4, 0.5) is 17.1 Å². The predicted molar refractivity (Wildman–Crippen MR) is 130 cm³/mol. The first-order valence-corrected chi connectivity index (χ1v) is 11.9. The van der Waals surface area contributed by atoms with Gasteiger partial charge in [0.15, 0.2) is 0 Å². The highest BCUT2D eigenvalue weighted by atomic mass is 79.9. The smallest absolute Gasteiger partial charge is 0.270 e. The van der Waals surface area contributed by atoms with Crippen LogP contribution in [0, 0.1) is 0 Å². The second kappa shape index (κ2) is 10.3. The zero-order chi connectivity index (χ0) is 21.7. The molecule has 1 fully saturated rings. The molecule has 30 heavy (non-hydrogen) atoms. The molecule has 0 atom stereocenters. The summed E-state index contributed by atoms with van der Waals surface area (Å²) in [6.45, 7) is 0.871. The van der Waals surface area contributed by atoms with Gasteiger partial charge in [-0.3, -0.25) is 4.79 Å². The average Bonchev–Trinajstić information content (AvgIpc) is 3.59. The lowest BCUT2D eigenvalue weighted by Gasteiger charge is -2.26. The van der Waals surface area contributed by atoms with E-state index in [9.17, 15) is 9.90 Å². The van der Waals surface area contributed by atoms with Gasteiger partial charge in [-0.1, -0.05) is 27.9 Å². The van der Waals surface area contributed by atoms with Gasteiger partial charge in [-0.05, 0) is 67.1 Å². The largest absolute Gasteiger partial charge is 0.398 e. The van der Waals surface area contributed by atoms with Gasteiger partial charge in [0.2, 0.25) is 0 Å². The number of halogens is 1. The normalized spacial score (nSPS) is 13.9. The Labute approximate surface area is 190 Å². The van der Waals surface area contributed by atoms with E-state index in [1.54, 1.807) is 19.0 Å². The van der Waals surface area contributed by atoms with Gasteiger partial charge in [-0.15, -0.1) is 0 Å². The van der Waals surface area contributed by atoms with Crippen molar-refractivity contribution in [3.63, 3.8) is 0 Å². The molecule has 1 aliphatic carbocycles. The van der Waals surface area contributed by atoms with Crippen molar-refractivity contribution in [1.29, 1.82) is 0 Å². The summed E-state index contributed by atoms with van der Waals surface area (Å²) in [6.07, 6.45) is 4.94. The Morgan fingerprint density at radius 2 is 2.03 bits per heavy atom. The SMILES string of the molecule is CNC(=O)C(=Nc1ccc(Br)cc1)c1cc(C2CC2)c(N(CCCO)SC)cc1N. The molecule has 0 bridgehead atoms. The van der Waals surface area contributed by atoms with Gasteiger partial charge >= 0.3 is 0 Å². The molecule has 160 valence electrons. The number of likely N-dealkylation sites (N-methyl/N-ethyl adjacent to an activating group) is 1. The number of nitrogens with two attached hydrogens (primary N) is 1. The highest BCUT2D eigenvalue weighted by Crippen LogP contribution is 2.47. The number of nitrogen functional groups attached to an aromatic ring is 1. The monoisotopic (exact) mass is 490 g/mol. The molecule has 1 saturated carbocycles. The van der Waals surface area contributed by atoms with E-state index in [0.717, 1.165) is 29.5 Å². The Balaban J connectivity index is 2.09. The minimum Gasteiger partial charge on any atom is -0.398 e. The molecule has 0 aromatic heterocycles. The Morgan fingerprint density at radius 1 is 1.33 bits per heavy atom. The van der Waals surface area contributed by atoms with E-state index in [2.05, 4.69) is 30.5 Å². The second-order valence-electron chi connectivity index (χ2n) is 7.15. The van der Waals surface area contributed by atoms with Crippen molar-refractivity contribution in [3.8, 4) is 0 Å². The van der Waals surface area contributed by atoms with Crippen LogP contribution in [0.5, 0.6) is 0 Å². The lowest BCUT2D eigenvalue weighted by Crippen LogP contribution is -2.29. The third kappa shape index (κ3) is 5.36. The zero-order valence-electron chi connectivity index (χ0n) is 17.2. The maximum absolute atomic E-state index is 12.7. The van der Waals surface area contributed by atoms with E-state index in [1.165, 1.54) is 5.56 Å². The van der Waals surface area contributed by atoms with Crippen molar-refractivity contribution in [1.82, 2.24) is 5.32 Å². The fourth-order valence-corrected chi connectivity index (χ4v) is 4.22. The molecule has 8 heteroatoms. The summed E-state index contributed by atoms with van der Waals surface area (Å²) in [4.78, 5) is 17.3. The van der Waals surface area contributed by atoms with Gasteiger partial charge in [-0.25, -0.2) is 4.99 Å². The van der Waals surface area contributed by atoms with E-state index in [1.807, 2.05) is 42.7 Å². The van der Waals surface area contributed by atoms with Gasteiger partial charge in [0.25, 0.3) is 5.91 Å². The molecule has 0 unspecified atom stereocenters. The number of carbonyl (C=O) groups is 1. The van der Waals surface area contributed by atoms with E-state index in [0.29, 0.717) is 35.0 Å². The summed E-state index contributed by atoms with van der Waals surface area (Å²) in [5.41, 5.74) is 10.8. The third-order valence-electron chi connectivity index (χ3n) is 4.99. The van der Waals surface area contributed by atoms with Crippen molar-refractivity contribution < 1.29 is 9.90 Å². The Morgan fingerprint density at radius 3 is 2.60 bits per heavy atom. The summed E-state index contributed by atoms with van der Waals surface area (Å²) in [7, 11) is 1.59. The number of carbonyl (C=O) groups excluding carboxylic acids is 1. The van der Waals surface area contributed by atoms with E-state index in [-0.39, 0.29) is 12.5 Å². The van der Waals surface area contributed by atoms with Crippen molar-refractivity contribution in [2.24, 2.45) is 4.99 Å². The molecule has 1 amide bonds. The predicted octanol–water partition coefficient (Wildman–Crippen LogP) is 4.24. The number of nitrogens with zero attached hydrogens (tertiary/aromatic N) is 2. The molecular formula is C22H27BrN4O2S. The summed E-state index contributed by atoms with van der Waals surface area (Å²) < 4.78 is 3.11. The molecule has 0 radical (unpaired) electrons. The molecule has 2 aromatic carbocycles. The molecule has 0 heterocycles. The summed E-state index contributed by atoms with van der Waals surface area (Å²) >= 11 is 5.03. The van der Waals surface area contributed by atoms with Crippen LogP contribution in [0.2, 0.25) is 0 Å². The number of hydrogen-bond donors (Lipinski definition) is 3. The number of aliphatic hydroxyl groups excluding tert-OH is 1. The fourth-order valence-electron chi connectivity index (χ4n) is 3.28. The lowest BCUT2D eigenvalue weighted by atomic mass is 9.98. The highest BCUT2D eigenvalue weighted by Gasteiger charge is 2.30. The molecule has 4 N–H and O–H groups in total. The Bertz CT molecular complexity index is 929. The van der Waals surface area contributed by atoms with Crippen molar-refractivity contribution in [2.45, 2.75) is 25.2 Å². The maximum atomic E-state index is 12.7. The standard InChI is InChI=1S/C22H27BrN4O2S/c1-25-22(29)21(26-16-8-6-15(23)7-9-16)18-12-17(14-4-5-14)20(13-19(18)24)27(30-2)10-3-11-28/h6-9,12-14,28H,3-5,10-11,24H2,1-2H3,(H,25,29). The number of aliphatic imine (C=N–C) groups is 1. The van der Waals surface area contributed by atoms with Crippen LogP contribution < -0.4 is 15.4 Å². The van der Waals surface area contributed by atoms with Gasteiger partial charge in [0.1, 0.15) is 5.71 Å². The van der Waals surface area contributed by atoms with Gasteiger partial charge < -0.3 is 20.5 Å². The summed E-state index contributed by atoms with van der Waals surface area (Å²) in [5.74, 6) is 0.183. The molecule has 1 aliphatic rings. The van der Waals surface area contributed by atoms with Crippen LogP contribution in [0.3, 0.4) is 0 Å². The molecule has 6 nitrogen and oxygen atoms in total. The average molecular weight is 491 g/mol. The van der Waals surface area contributed by atoms with Crippen LogP contribution in [-0.2, 0) is 4.79 Å². The quantitative estimate of drug-likeness (QED) is 0.277. The third-order valence-corrected chi connectivity index (χ3v) is 6.34. The molecular weight excluding hydrogens is 464 g/mol. The molecule has 2 aromatic rings. The summed E-state index contributed by atoms with van der Waals surface area (Å²) in [6, 6.07) is 11.4. The van der Waals surface area contributed by atoms with E-state index >= 15 is 0 Å². The molecule has 0 saturated heterocycles. The van der Waals surface area contributed by atoms with Gasteiger partial charge in [0.05, 0.1) is 11.4 Å². The number of hydrogen-bond acceptors (Lipinski definition) is 6. The van der Waals surface area contributed by atoms with Crippen LogP contribution in [0.25, 0.3) is 0 Å². The number of anilines is 2. The highest BCUT2D eigenvalue weighted by molar-refractivity contribution is 9.10. The van der Waals surface area contributed by atoms with E-state index in [4.69, 9.17) is 5.73 Å². The van der Waals surface area contributed by atoms with Crippen molar-refractivity contribution in [3.05, 3.63) is 52.0 Å². The van der Waals surface area contributed by atoms with Crippen LogP contribution in [-0.4, -0.2) is 43.2 Å². The Hall–Kier alpha value is -2.03. The number of amides is 1. The Kier molecular flexibility index (Phi) is 7.80. The first-order chi connectivity index (χ1) is 14.5. The molecule has 3 rings (SSSR count). The first-order valence-electron chi connectivity index (χ1n) is 9.91. The number of aliphatic hydroxyl groups is 1. The minimum atomic E-state index is -0.277. The molecule has 0 aliphatic heterocycles. The van der Waals surface area contributed by atoms with Gasteiger partial charge in [-0.2, -0.15) is 0 Å². The zero-order valence-corrected chi connectivity index (χ0v) is 19.6. The lowest BCUT2D eigenvalue weighted by molar-refractivity contribution is -0.114. The number of nitrogens with one attached hydrogen (secondary N) is 1. The van der Waals surface area contributed by atoms with Crippen LogP contribution >= 0.6 is 27.9 Å². The molecule has 0 spiro atoms. The fraction of sp³-hybridized carbons (Fsp3) is 0.364. The van der Waals surface area contributed by atoms with E-state index < -0.39 is 0 Å². The first kappa shape index (κ1) is 22.7. The topological polar surface area (TPSA) is 91.0 Å². The van der Waals surface area contributed by atoms with Crippen LogP contribution in [0.1, 0.15) is 36.3 Å². The van der Waals surface area contributed by atoms with Crippen molar-refractivity contribution in [2.75, 3.05) is 36.5 Å². The van der Waals surface area contributed by atoms with Crippen molar-refractivity contribution >= 4 is 56.6 Å². The minimum absolute atomic E-state index is 0.143. The number of benzene rings is 2. The van der Waals surface area contributed by atoms with Gasteiger partial charge in [0, 0.05) is 42.2 Å². The maximum Gasteiger partial charge on any atom is 0.270 e. The second-order valence-corrected chi connectivity index (χ2v) is 8.87. The summed E-state index contributed by atoms with van der Waals surface area (Å²) in [5, 5.41) is 11.9.